The number of nitrogens with zero attached hydrogens (tertiary/aromatic N) is 1. The molecule has 1 aromatic heterocycles. The Hall–Kier alpha value is -1.35. The summed E-state index contributed by atoms with van der Waals surface area (Å²) in [4.78, 5) is 0. The van der Waals surface area contributed by atoms with Gasteiger partial charge in [0.1, 0.15) is 5.82 Å². The Kier molecular flexibility index (Phi) is 2.49. The minimum Gasteiger partial charge on any atom is -0.350 e. The van der Waals surface area contributed by atoms with Gasteiger partial charge in [0.2, 0.25) is 0 Å². The molecule has 0 amide bonds. The van der Waals surface area contributed by atoms with Gasteiger partial charge in [0, 0.05) is 24.7 Å². The molecule has 0 aliphatic rings. The van der Waals surface area contributed by atoms with Gasteiger partial charge in [0.05, 0.1) is 5.52 Å². The maximum atomic E-state index is 13.1. The lowest BCUT2D eigenvalue weighted by Gasteiger charge is -2.08. The van der Waals surface area contributed by atoms with E-state index in [4.69, 9.17) is 0 Å². The SMILES string of the molecule is CNC(C)c1cn(C)c2cc(F)ccc12. The Bertz CT molecular complexity index is 488. The van der Waals surface area contributed by atoms with Crippen LogP contribution in [-0.4, -0.2) is 11.6 Å². The fraction of sp³-hybridized carbons (Fsp3) is 0.333. The van der Waals surface area contributed by atoms with Gasteiger partial charge in [-0.15, -0.1) is 0 Å². The van der Waals surface area contributed by atoms with Gasteiger partial charge in [-0.3, -0.25) is 0 Å². The summed E-state index contributed by atoms with van der Waals surface area (Å²) < 4.78 is 15.0. The van der Waals surface area contributed by atoms with Crippen molar-refractivity contribution in [1.29, 1.82) is 0 Å². The summed E-state index contributed by atoms with van der Waals surface area (Å²) in [5, 5.41) is 4.31. The van der Waals surface area contributed by atoms with Crippen molar-refractivity contribution < 1.29 is 4.39 Å². The van der Waals surface area contributed by atoms with Crippen molar-refractivity contribution in [3.8, 4) is 0 Å². The lowest BCUT2D eigenvalue weighted by Crippen LogP contribution is -2.11. The number of benzene rings is 1. The molecule has 3 heteroatoms. The second-order valence-corrected chi connectivity index (χ2v) is 3.87. The van der Waals surface area contributed by atoms with Crippen LogP contribution < -0.4 is 5.32 Å². The molecule has 2 rings (SSSR count). The van der Waals surface area contributed by atoms with Crippen LogP contribution in [0.15, 0.2) is 24.4 Å². The maximum absolute atomic E-state index is 13.1. The summed E-state index contributed by atoms with van der Waals surface area (Å²) in [7, 11) is 3.86. The molecule has 0 bridgehead atoms. The minimum atomic E-state index is -0.188. The normalized spacial score (nSPS) is 13.3. The van der Waals surface area contributed by atoms with E-state index in [1.807, 2.05) is 30.9 Å². The lowest BCUT2D eigenvalue weighted by molar-refractivity contribution is 0.629. The monoisotopic (exact) mass is 206 g/mol. The predicted molar refractivity (Wildman–Crippen MR) is 60.4 cm³/mol. The summed E-state index contributed by atoms with van der Waals surface area (Å²) in [6.07, 6.45) is 2.05. The third-order valence-electron chi connectivity index (χ3n) is 2.88. The van der Waals surface area contributed by atoms with Crippen LogP contribution in [0.4, 0.5) is 4.39 Å². The highest BCUT2D eigenvalue weighted by molar-refractivity contribution is 5.84. The third-order valence-corrected chi connectivity index (χ3v) is 2.88. The molecule has 0 saturated heterocycles. The summed E-state index contributed by atoms with van der Waals surface area (Å²) in [6, 6.07) is 5.20. The highest BCUT2D eigenvalue weighted by Gasteiger charge is 2.11. The highest BCUT2D eigenvalue weighted by Crippen LogP contribution is 2.26. The Morgan fingerprint density at radius 2 is 2.13 bits per heavy atom. The van der Waals surface area contributed by atoms with Gasteiger partial charge in [-0.25, -0.2) is 4.39 Å². The molecule has 1 N–H and O–H groups in total. The quantitative estimate of drug-likeness (QED) is 0.799. The molecule has 1 unspecified atom stereocenters. The second-order valence-electron chi connectivity index (χ2n) is 3.87. The maximum Gasteiger partial charge on any atom is 0.125 e. The van der Waals surface area contributed by atoms with Crippen molar-refractivity contribution in [2.45, 2.75) is 13.0 Å². The first-order valence-electron chi connectivity index (χ1n) is 5.05. The molecule has 0 radical (unpaired) electrons. The van der Waals surface area contributed by atoms with Crippen molar-refractivity contribution in [2.24, 2.45) is 7.05 Å². The largest absolute Gasteiger partial charge is 0.350 e. The van der Waals surface area contributed by atoms with E-state index in [0.717, 1.165) is 10.9 Å². The summed E-state index contributed by atoms with van der Waals surface area (Å²) >= 11 is 0. The predicted octanol–water partition coefficient (Wildman–Crippen LogP) is 2.60. The van der Waals surface area contributed by atoms with Crippen molar-refractivity contribution in [3.05, 3.63) is 35.8 Å². The molecule has 2 aromatic rings. The molecule has 1 aromatic carbocycles. The molecule has 2 nitrogen and oxygen atoms in total. The fourth-order valence-electron chi connectivity index (χ4n) is 1.89. The Balaban J connectivity index is 2.68. The number of rotatable bonds is 2. The van der Waals surface area contributed by atoms with E-state index in [0.29, 0.717) is 0 Å². The molecule has 1 heterocycles. The van der Waals surface area contributed by atoms with Crippen molar-refractivity contribution in [3.63, 3.8) is 0 Å². The number of aromatic nitrogens is 1. The Labute approximate surface area is 88.7 Å². The molecular formula is C12H15FN2. The number of hydrogen-bond donors (Lipinski definition) is 1. The van der Waals surface area contributed by atoms with E-state index in [1.165, 1.54) is 11.6 Å². The van der Waals surface area contributed by atoms with Gasteiger partial charge < -0.3 is 9.88 Å². The minimum absolute atomic E-state index is 0.188. The van der Waals surface area contributed by atoms with Crippen LogP contribution in [0.1, 0.15) is 18.5 Å². The van der Waals surface area contributed by atoms with Gasteiger partial charge in [-0.1, -0.05) is 0 Å². The lowest BCUT2D eigenvalue weighted by atomic mass is 10.1. The molecular weight excluding hydrogens is 191 g/mol. The standard InChI is InChI=1S/C12H15FN2/c1-8(14-2)11-7-15(3)12-6-9(13)4-5-10(11)12/h4-8,14H,1-3H3. The molecule has 0 saturated carbocycles. The Morgan fingerprint density at radius 1 is 1.40 bits per heavy atom. The number of hydrogen-bond acceptors (Lipinski definition) is 1. The van der Waals surface area contributed by atoms with Gasteiger partial charge in [-0.05, 0) is 37.7 Å². The molecule has 0 aliphatic carbocycles. The van der Waals surface area contributed by atoms with E-state index in [-0.39, 0.29) is 11.9 Å². The summed E-state index contributed by atoms with van der Waals surface area (Å²) in [5.74, 6) is -0.188. The van der Waals surface area contributed by atoms with Crippen molar-refractivity contribution in [1.82, 2.24) is 9.88 Å². The van der Waals surface area contributed by atoms with E-state index in [1.54, 1.807) is 6.07 Å². The van der Waals surface area contributed by atoms with Crippen LogP contribution in [-0.2, 0) is 7.05 Å². The van der Waals surface area contributed by atoms with E-state index in [9.17, 15) is 4.39 Å². The molecule has 15 heavy (non-hydrogen) atoms. The molecule has 1 atom stereocenters. The highest BCUT2D eigenvalue weighted by atomic mass is 19.1. The van der Waals surface area contributed by atoms with Gasteiger partial charge in [0.25, 0.3) is 0 Å². The zero-order chi connectivity index (χ0) is 11.0. The fourth-order valence-corrected chi connectivity index (χ4v) is 1.89. The first-order valence-corrected chi connectivity index (χ1v) is 5.05. The van der Waals surface area contributed by atoms with Crippen LogP contribution in [0.25, 0.3) is 10.9 Å². The molecule has 80 valence electrons. The molecule has 0 aliphatic heterocycles. The van der Waals surface area contributed by atoms with Gasteiger partial charge >= 0.3 is 0 Å². The second kappa shape index (κ2) is 3.66. The van der Waals surface area contributed by atoms with Gasteiger partial charge in [-0.2, -0.15) is 0 Å². The summed E-state index contributed by atoms with van der Waals surface area (Å²) in [5.41, 5.74) is 2.14. The van der Waals surface area contributed by atoms with E-state index < -0.39 is 0 Å². The number of halogens is 1. The Morgan fingerprint density at radius 3 is 2.80 bits per heavy atom. The van der Waals surface area contributed by atoms with Crippen molar-refractivity contribution >= 4 is 10.9 Å². The first kappa shape index (κ1) is 10.2. The molecule has 0 spiro atoms. The third kappa shape index (κ3) is 1.63. The average molecular weight is 206 g/mol. The zero-order valence-corrected chi connectivity index (χ0v) is 9.21. The number of aryl methyl sites for hydroxylation is 1. The van der Waals surface area contributed by atoms with Crippen LogP contribution in [0.3, 0.4) is 0 Å². The van der Waals surface area contributed by atoms with Crippen molar-refractivity contribution in [2.75, 3.05) is 7.05 Å². The number of fused-ring (bicyclic) bond motifs is 1. The van der Waals surface area contributed by atoms with Gasteiger partial charge in [0.15, 0.2) is 0 Å². The van der Waals surface area contributed by atoms with E-state index in [2.05, 4.69) is 12.2 Å². The first-order chi connectivity index (χ1) is 7.13. The average Bonchev–Trinajstić information content (AvgIpc) is 2.55. The number of nitrogens with one attached hydrogen (secondary N) is 1. The summed E-state index contributed by atoms with van der Waals surface area (Å²) in [6.45, 7) is 2.10. The molecule has 0 fully saturated rings. The van der Waals surface area contributed by atoms with Crippen LogP contribution in [0.5, 0.6) is 0 Å². The zero-order valence-electron chi connectivity index (χ0n) is 9.21. The van der Waals surface area contributed by atoms with E-state index >= 15 is 0 Å². The smallest absolute Gasteiger partial charge is 0.125 e. The van der Waals surface area contributed by atoms with Crippen LogP contribution in [0.2, 0.25) is 0 Å². The van der Waals surface area contributed by atoms with Crippen LogP contribution in [0, 0.1) is 5.82 Å². The van der Waals surface area contributed by atoms with Crippen LogP contribution >= 0.6 is 0 Å². The topological polar surface area (TPSA) is 17.0 Å².